The number of hydrogen-bond donors (Lipinski definition) is 1. The summed E-state index contributed by atoms with van der Waals surface area (Å²) in [5.74, 6) is -1.85. The van der Waals surface area contributed by atoms with Gasteiger partial charge in [0.1, 0.15) is 11.6 Å². The van der Waals surface area contributed by atoms with Gasteiger partial charge in [-0.3, -0.25) is 4.79 Å². The molecule has 74 valence electrons. The highest BCUT2D eigenvalue weighted by atomic mass is 19.1. The topological polar surface area (TPSA) is 43.1 Å². The van der Waals surface area contributed by atoms with E-state index in [-0.39, 0.29) is 5.56 Å². The van der Waals surface area contributed by atoms with Crippen LogP contribution in [0.25, 0.3) is 0 Å². The van der Waals surface area contributed by atoms with Gasteiger partial charge in [-0.1, -0.05) is 0 Å². The second kappa shape index (κ2) is 2.85. The SMILES string of the molecule is NC1(C(=O)c2cc(F)ccc2F)CC1. The Labute approximate surface area is 79.7 Å². The highest BCUT2D eigenvalue weighted by Crippen LogP contribution is 2.36. The Morgan fingerprint density at radius 1 is 1.36 bits per heavy atom. The Balaban J connectivity index is 2.40. The lowest BCUT2D eigenvalue weighted by Gasteiger charge is -2.07. The third kappa shape index (κ3) is 1.42. The van der Waals surface area contributed by atoms with Crippen LogP contribution >= 0.6 is 0 Å². The quantitative estimate of drug-likeness (QED) is 0.732. The summed E-state index contributed by atoms with van der Waals surface area (Å²) >= 11 is 0. The summed E-state index contributed by atoms with van der Waals surface area (Å²) in [6, 6.07) is 2.81. The minimum absolute atomic E-state index is 0.245. The molecule has 0 spiro atoms. The minimum Gasteiger partial charge on any atom is -0.319 e. The molecule has 0 saturated heterocycles. The molecule has 1 fully saturated rings. The molecule has 2 rings (SSSR count). The van der Waals surface area contributed by atoms with Crippen LogP contribution in [-0.4, -0.2) is 11.3 Å². The zero-order valence-corrected chi connectivity index (χ0v) is 7.39. The number of halogens is 2. The first-order valence-electron chi connectivity index (χ1n) is 4.32. The van der Waals surface area contributed by atoms with Crippen molar-refractivity contribution in [2.24, 2.45) is 5.73 Å². The average Bonchev–Trinajstić information content (AvgIpc) is 2.88. The molecule has 2 nitrogen and oxygen atoms in total. The Morgan fingerprint density at radius 2 is 2.00 bits per heavy atom. The van der Waals surface area contributed by atoms with Crippen LogP contribution in [-0.2, 0) is 0 Å². The maximum atomic E-state index is 13.1. The second-order valence-corrected chi connectivity index (χ2v) is 3.61. The number of Topliss-reactive ketones (excluding diaryl/α,β-unsaturated/α-hetero) is 1. The predicted octanol–water partition coefficient (Wildman–Crippen LogP) is 1.64. The smallest absolute Gasteiger partial charge is 0.185 e. The second-order valence-electron chi connectivity index (χ2n) is 3.61. The molecule has 0 unspecified atom stereocenters. The van der Waals surface area contributed by atoms with Gasteiger partial charge in [0, 0.05) is 0 Å². The summed E-state index contributed by atoms with van der Waals surface area (Å²) in [7, 11) is 0. The van der Waals surface area contributed by atoms with Crippen molar-refractivity contribution in [3.05, 3.63) is 35.4 Å². The van der Waals surface area contributed by atoms with Gasteiger partial charge in [-0.05, 0) is 31.0 Å². The summed E-state index contributed by atoms with van der Waals surface area (Å²) in [5.41, 5.74) is 4.41. The zero-order valence-electron chi connectivity index (χ0n) is 7.39. The van der Waals surface area contributed by atoms with E-state index in [2.05, 4.69) is 0 Å². The predicted molar refractivity (Wildman–Crippen MR) is 46.8 cm³/mol. The van der Waals surface area contributed by atoms with Crippen molar-refractivity contribution in [1.29, 1.82) is 0 Å². The first-order chi connectivity index (χ1) is 6.53. The number of benzene rings is 1. The normalized spacial score (nSPS) is 17.9. The lowest BCUT2D eigenvalue weighted by atomic mass is 10.0. The molecule has 1 saturated carbocycles. The van der Waals surface area contributed by atoms with Crippen LogP contribution in [0.3, 0.4) is 0 Å². The van der Waals surface area contributed by atoms with Crippen LogP contribution in [0.1, 0.15) is 23.2 Å². The summed E-state index contributed by atoms with van der Waals surface area (Å²) in [4.78, 5) is 11.6. The van der Waals surface area contributed by atoms with E-state index in [0.29, 0.717) is 12.8 Å². The van der Waals surface area contributed by atoms with Crippen molar-refractivity contribution in [2.45, 2.75) is 18.4 Å². The number of ketones is 1. The fourth-order valence-electron chi connectivity index (χ4n) is 1.30. The van der Waals surface area contributed by atoms with E-state index >= 15 is 0 Å². The minimum atomic E-state index is -0.950. The van der Waals surface area contributed by atoms with Gasteiger partial charge in [0.2, 0.25) is 0 Å². The molecule has 0 amide bonds. The fraction of sp³-hybridized carbons (Fsp3) is 0.300. The van der Waals surface area contributed by atoms with Crippen molar-refractivity contribution in [3.8, 4) is 0 Å². The van der Waals surface area contributed by atoms with Crippen molar-refractivity contribution in [1.82, 2.24) is 0 Å². The maximum absolute atomic E-state index is 13.1. The molecule has 2 N–H and O–H groups in total. The number of carbonyl (C=O) groups excluding carboxylic acids is 1. The maximum Gasteiger partial charge on any atom is 0.185 e. The van der Waals surface area contributed by atoms with Gasteiger partial charge in [0.05, 0.1) is 11.1 Å². The third-order valence-corrected chi connectivity index (χ3v) is 2.41. The Kier molecular flexibility index (Phi) is 1.89. The number of rotatable bonds is 2. The molecule has 0 heterocycles. The number of carbonyl (C=O) groups is 1. The summed E-state index contributed by atoms with van der Waals surface area (Å²) in [6.07, 6.45) is 1.09. The van der Waals surface area contributed by atoms with Crippen LogP contribution < -0.4 is 5.73 Å². The van der Waals surface area contributed by atoms with Crippen molar-refractivity contribution >= 4 is 5.78 Å². The monoisotopic (exact) mass is 197 g/mol. The Bertz CT molecular complexity index is 399. The Morgan fingerprint density at radius 3 is 2.57 bits per heavy atom. The van der Waals surface area contributed by atoms with Gasteiger partial charge < -0.3 is 5.73 Å². The molecule has 1 aliphatic carbocycles. The molecular formula is C10H9F2NO. The van der Waals surface area contributed by atoms with Gasteiger partial charge in [0.15, 0.2) is 5.78 Å². The lowest BCUT2D eigenvalue weighted by molar-refractivity contribution is 0.0944. The van der Waals surface area contributed by atoms with Crippen LogP contribution in [0.15, 0.2) is 18.2 Å². The van der Waals surface area contributed by atoms with Crippen LogP contribution in [0.4, 0.5) is 8.78 Å². The molecule has 0 atom stereocenters. The van der Waals surface area contributed by atoms with Gasteiger partial charge in [-0.15, -0.1) is 0 Å². The van der Waals surface area contributed by atoms with Gasteiger partial charge in [-0.2, -0.15) is 0 Å². The molecule has 0 aromatic heterocycles. The van der Waals surface area contributed by atoms with Gasteiger partial charge in [0.25, 0.3) is 0 Å². The zero-order chi connectivity index (χ0) is 10.3. The summed E-state index contributed by atoms with van der Waals surface area (Å²) in [5, 5.41) is 0. The van der Waals surface area contributed by atoms with E-state index in [4.69, 9.17) is 5.73 Å². The molecule has 0 aliphatic heterocycles. The fourth-order valence-corrected chi connectivity index (χ4v) is 1.30. The summed E-state index contributed by atoms with van der Waals surface area (Å²) in [6.45, 7) is 0. The highest BCUT2D eigenvalue weighted by Gasteiger charge is 2.46. The molecule has 14 heavy (non-hydrogen) atoms. The molecule has 4 heteroatoms. The van der Waals surface area contributed by atoms with E-state index in [0.717, 1.165) is 18.2 Å². The molecule has 0 radical (unpaired) electrons. The number of hydrogen-bond acceptors (Lipinski definition) is 2. The van der Waals surface area contributed by atoms with Gasteiger partial charge >= 0.3 is 0 Å². The first-order valence-corrected chi connectivity index (χ1v) is 4.32. The van der Waals surface area contributed by atoms with E-state index < -0.39 is 23.0 Å². The summed E-state index contributed by atoms with van der Waals surface area (Å²) < 4.78 is 25.9. The largest absolute Gasteiger partial charge is 0.319 e. The van der Waals surface area contributed by atoms with Crippen LogP contribution in [0.5, 0.6) is 0 Å². The molecule has 0 bridgehead atoms. The lowest BCUT2D eigenvalue weighted by Crippen LogP contribution is -2.33. The first kappa shape index (κ1) is 9.27. The van der Waals surface area contributed by atoms with Gasteiger partial charge in [-0.25, -0.2) is 8.78 Å². The molecule has 1 aliphatic rings. The number of nitrogens with two attached hydrogens (primary N) is 1. The van der Waals surface area contributed by atoms with E-state index in [9.17, 15) is 13.6 Å². The van der Waals surface area contributed by atoms with Crippen molar-refractivity contribution in [2.75, 3.05) is 0 Å². The third-order valence-electron chi connectivity index (χ3n) is 2.41. The van der Waals surface area contributed by atoms with E-state index in [1.54, 1.807) is 0 Å². The molecular weight excluding hydrogens is 188 g/mol. The molecule has 1 aromatic rings. The van der Waals surface area contributed by atoms with E-state index in [1.807, 2.05) is 0 Å². The van der Waals surface area contributed by atoms with Crippen LogP contribution in [0.2, 0.25) is 0 Å². The van der Waals surface area contributed by atoms with Crippen molar-refractivity contribution < 1.29 is 13.6 Å². The van der Waals surface area contributed by atoms with Crippen LogP contribution in [0, 0.1) is 11.6 Å². The highest BCUT2D eigenvalue weighted by molar-refractivity contribution is 6.05. The Hall–Kier alpha value is -1.29. The van der Waals surface area contributed by atoms with E-state index in [1.165, 1.54) is 0 Å². The van der Waals surface area contributed by atoms with Crippen molar-refractivity contribution in [3.63, 3.8) is 0 Å². The molecule has 1 aromatic carbocycles. The average molecular weight is 197 g/mol. The standard InChI is InChI=1S/C10H9F2NO/c11-6-1-2-8(12)7(5-6)9(14)10(13)3-4-10/h1-2,5H,3-4,13H2.